The fourth-order valence-electron chi connectivity index (χ4n) is 3.47. The number of ether oxygens (including phenoxy) is 5. The van der Waals surface area contributed by atoms with Crippen LogP contribution in [0.15, 0.2) is 30.5 Å². The molecule has 11 heteroatoms. The van der Waals surface area contributed by atoms with E-state index in [2.05, 4.69) is 10.7 Å². The lowest BCUT2D eigenvalue weighted by atomic mass is 10.1. The van der Waals surface area contributed by atoms with Gasteiger partial charge < -0.3 is 50.4 Å². The Labute approximate surface area is 207 Å². The third kappa shape index (κ3) is 12.6. The van der Waals surface area contributed by atoms with E-state index in [9.17, 15) is 10.2 Å². The van der Waals surface area contributed by atoms with Crippen LogP contribution in [-0.4, -0.2) is 94.7 Å². The topological polar surface area (TPSA) is 163 Å². The molecule has 1 aliphatic rings. The summed E-state index contributed by atoms with van der Waals surface area (Å²) in [5.74, 6) is 5.68. The largest absolute Gasteiger partial charge is 0.394 e. The van der Waals surface area contributed by atoms with Gasteiger partial charge in [-0.1, -0.05) is 24.3 Å². The molecule has 1 aromatic carbocycles. The van der Waals surface area contributed by atoms with Crippen molar-refractivity contribution in [2.75, 3.05) is 65.9 Å². The maximum atomic E-state index is 9.85. The summed E-state index contributed by atoms with van der Waals surface area (Å²) in [6, 6.07) is 8.00. The van der Waals surface area contributed by atoms with Crippen molar-refractivity contribution in [3.05, 3.63) is 41.6 Å². The van der Waals surface area contributed by atoms with E-state index < -0.39 is 12.4 Å². The minimum atomic E-state index is -0.509. The van der Waals surface area contributed by atoms with Gasteiger partial charge in [-0.05, 0) is 12.0 Å². The second-order valence-corrected chi connectivity index (χ2v) is 8.10. The molecule has 35 heavy (non-hydrogen) atoms. The van der Waals surface area contributed by atoms with Crippen LogP contribution in [0.2, 0.25) is 0 Å². The molecule has 1 fully saturated rings. The number of hydrogen-bond donors (Lipinski definition) is 6. The Hall–Kier alpha value is -1.80. The first-order chi connectivity index (χ1) is 17.2. The number of aliphatic hydroxyl groups is 2. The summed E-state index contributed by atoms with van der Waals surface area (Å²) in [4.78, 5) is 0. The molecule has 11 nitrogen and oxygen atoms in total. The Morgan fingerprint density at radius 3 is 2.34 bits per heavy atom. The lowest BCUT2D eigenvalue weighted by Crippen LogP contribution is -2.39. The van der Waals surface area contributed by atoms with Gasteiger partial charge in [-0.3, -0.25) is 5.84 Å². The molecule has 0 radical (unpaired) electrons. The van der Waals surface area contributed by atoms with Crippen LogP contribution in [0.1, 0.15) is 24.0 Å². The van der Waals surface area contributed by atoms with Crippen molar-refractivity contribution in [3.63, 3.8) is 0 Å². The molecular formula is C24H42N4O7. The van der Waals surface area contributed by atoms with E-state index in [1.54, 1.807) is 0 Å². The molecule has 200 valence electrons. The number of rotatable bonds is 19. The Kier molecular flexibility index (Phi) is 15.5. The van der Waals surface area contributed by atoms with Gasteiger partial charge in [0.05, 0.1) is 70.8 Å². The van der Waals surface area contributed by atoms with Crippen LogP contribution in [0, 0.1) is 0 Å². The zero-order valence-electron chi connectivity index (χ0n) is 20.4. The lowest BCUT2D eigenvalue weighted by Gasteiger charge is -2.32. The second-order valence-electron chi connectivity index (χ2n) is 8.10. The van der Waals surface area contributed by atoms with Crippen LogP contribution in [-0.2, 0) is 30.1 Å². The van der Waals surface area contributed by atoms with Gasteiger partial charge in [-0.25, -0.2) is 0 Å². The van der Waals surface area contributed by atoms with Crippen molar-refractivity contribution in [3.8, 4) is 0 Å². The third-order valence-electron chi connectivity index (χ3n) is 5.31. The molecule has 1 aromatic rings. The quantitative estimate of drug-likeness (QED) is 0.0825. The molecule has 0 spiro atoms. The summed E-state index contributed by atoms with van der Waals surface area (Å²) in [6.07, 6.45) is 2.00. The molecule has 3 unspecified atom stereocenters. The zero-order chi connectivity index (χ0) is 25.1. The van der Waals surface area contributed by atoms with Crippen molar-refractivity contribution >= 4 is 5.70 Å². The number of hydrazine groups is 1. The molecule has 1 heterocycles. The van der Waals surface area contributed by atoms with Gasteiger partial charge >= 0.3 is 0 Å². The van der Waals surface area contributed by atoms with Crippen molar-refractivity contribution < 1.29 is 33.9 Å². The molecule has 0 aromatic heterocycles. The molecule has 8 N–H and O–H groups in total. The fourth-order valence-corrected chi connectivity index (χ4v) is 3.47. The van der Waals surface area contributed by atoms with E-state index in [-0.39, 0.29) is 12.7 Å². The highest BCUT2D eigenvalue weighted by Gasteiger charge is 2.28. The number of benzene rings is 1. The summed E-state index contributed by atoms with van der Waals surface area (Å²) in [5.41, 5.74) is 10.9. The van der Waals surface area contributed by atoms with Crippen LogP contribution in [0.5, 0.6) is 0 Å². The van der Waals surface area contributed by atoms with Gasteiger partial charge in [0, 0.05) is 37.7 Å². The molecule has 0 amide bonds. The van der Waals surface area contributed by atoms with Crippen LogP contribution in [0.25, 0.3) is 5.70 Å². The summed E-state index contributed by atoms with van der Waals surface area (Å²) >= 11 is 0. The first-order valence-electron chi connectivity index (χ1n) is 12.1. The Morgan fingerprint density at radius 2 is 1.69 bits per heavy atom. The van der Waals surface area contributed by atoms with Crippen LogP contribution >= 0.6 is 0 Å². The maximum Gasteiger partial charge on any atom is 0.160 e. The average Bonchev–Trinajstić information content (AvgIpc) is 2.87. The lowest BCUT2D eigenvalue weighted by molar-refractivity contribution is -0.221. The third-order valence-corrected chi connectivity index (χ3v) is 5.31. The normalized spacial score (nSPS) is 20.7. The van der Waals surface area contributed by atoms with Gasteiger partial charge in [0.2, 0.25) is 0 Å². The zero-order valence-corrected chi connectivity index (χ0v) is 20.4. The van der Waals surface area contributed by atoms with E-state index in [0.29, 0.717) is 78.6 Å². The van der Waals surface area contributed by atoms with Crippen LogP contribution in [0.3, 0.4) is 0 Å². The maximum absolute atomic E-state index is 9.85. The minimum Gasteiger partial charge on any atom is -0.394 e. The van der Waals surface area contributed by atoms with Gasteiger partial charge in [0.1, 0.15) is 0 Å². The van der Waals surface area contributed by atoms with Crippen molar-refractivity contribution in [2.45, 2.75) is 37.8 Å². The number of hydrogen-bond acceptors (Lipinski definition) is 11. The summed E-state index contributed by atoms with van der Waals surface area (Å²) in [7, 11) is 0. The van der Waals surface area contributed by atoms with E-state index in [1.165, 1.54) is 0 Å². The predicted octanol–water partition coefficient (Wildman–Crippen LogP) is -0.536. The van der Waals surface area contributed by atoms with Crippen LogP contribution < -0.4 is 22.3 Å². The molecule has 0 saturated carbocycles. The first kappa shape index (κ1) is 29.4. The number of aliphatic hydroxyl groups excluding tert-OH is 2. The monoisotopic (exact) mass is 498 g/mol. The summed E-state index contributed by atoms with van der Waals surface area (Å²) < 4.78 is 27.5. The molecular weight excluding hydrogens is 456 g/mol. The van der Waals surface area contributed by atoms with Gasteiger partial charge in [0.25, 0.3) is 0 Å². The van der Waals surface area contributed by atoms with Crippen molar-refractivity contribution in [1.29, 1.82) is 0 Å². The van der Waals surface area contributed by atoms with Gasteiger partial charge in [-0.15, -0.1) is 0 Å². The number of nitrogens with one attached hydrogen (secondary N) is 2. The van der Waals surface area contributed by atoms with Crippen molar-refractivity contribution in [1.82, 2.24) is 10.7 Å². The molecule has 1 aliphatic heterocycles. The van der Waals surface area contributed by atoms with E-state index in [4.69, 9.17) is 35.3 Å². The Bertz CT molecular complexity index is 693. The molecule has 0 bridgehead atoms. The average molecular weight is 499 g/mol. The smallest absolute Gasteiger partial charge is 0.160 e. The van der Waals surface area contributed by atoms with E-state index in [0.717, 1.165) is 16.8 Å². The summed E-state index contributed by atoms with van der Waals surface area (Å²) in [6.45, 7) is 4.70. The van der Waals surface area contributed by atoms with E-state index >= 15 is 0 Å². The molecule has 3 atom stereocenters. The van der Waals surface area contributed by atoms with Gasteiger partial charge in [0.15, 0.2) is 6.29 Å². The highest BCUT2D eigenvalue weighted by molar-refractivity contribution is 5.63. The van der Waals surface area contributed by atoms with Gasteiger partial charge in [-0.2, -0.15) is 0 Å². The van der Waals surface area contributed by atoms with Crippen LogP contribution in [0.4, 0.5) is 0 Å². The highest BCUT2D eigenvalue weighted by Crippen LogP contribution is 2.20. The van der Waals surface area contributed by atoms with E-state index in [1.807, 2.05) is 30.5 Å². The SMILES string of the molecule is NCCOCCOCCOCCN/C=C(\NN)c1ccc(CCOC2CC(O)CC(CO)O2)cc1. The minimum absolute atomic E-state index is 0.118. The predicted molar refractivity (Wildman–Crippen MR) is 132 cm³/mol. The fraction of sp³-hybridized carbons (Fsp3) is 0.667. The molecule has 1 saturated heterocycles. The number of nitrogens with two attached hydrogens (primary N) is 2. The standard InChI is InChI=1S/C24H42N4O7/c25-6-9-31-11-13-33-14-12-32-10-7-27-17-23(28-26)20-3-1-19(2-4-20)5-8-34-24-16-21(30)15-22(18-29)35-24/h1-4,17,21-22,24,27-30H,5-16,18,25-26H2/b23-17-. The van der Waals surface area contributed by atoms with Crippen molar-refractivity contribution in [2.24, 2.45) is 11.6 Å². The Morgan fingerprint density at radius 1 is 1.00 bits per heavy atom. The first-order valence-corrected chi connectivity index (χ1v) is 12.1. The molecule has 2 rings (SSSR count). The Balaban J connectivity index is 1.60. The highest BCUT2D eigenvalue weighted by atomic mass is 16.7. The second kappa shape index (κ2) is 18.5. The molecule has 0 aliphatic carbocycles. The summed E-state index contributed by atoms with van der Waals surface area (Å²) in [5, 5.41) is 22.3.